The molecule has 2 heterocycles. The van der Waals surface area contributed by atoms with E-state index in [9.17, 15) is 9.59 Å². The van der Waals surface area contributed by atoms with E-state index >= 15 is 0 Å². The quantitative estimate of drug-likeness (QED) is 0.674. The van der Waals surface area contributed by atoms with Crippen LogP contribution < -0.4 is 9.64 Å². The monoisotopic (exact) mass is 433 g/mol. The van der Waals surface area contributed by atoms with Gasteiger partial charge in [-0.25, -0.2) is 4.90 Å². The summed E-state index contributed by atoms with van der Waals surface area (Å²) in [6.07, 6.45) is 1.91. The summed E-state index contributed by atoms with van der Waals surface area (Å²) in [6, 6.07) is 13.3. The zero-order valence-electron chi connectivity index (χ0n) is 19.5. The molecule has 2 aliphatic rings. The zero-order valence-corrected chi connectivity index (χ0v) is 19.5. The smallest absolute Gasteiger partial charge is 0.282 e. The van der Waals surface area contributed by atoms with Crippen molar-refractivity contribution in [3.63, 3.8) is 0 Å². The van der Waals surface area contributed by atoms with E-state index in [1.807, 2.05) is 37.9 Å². The Hall–Kier alpha value is -3.12. The molecule has 2 amide bonds. The second kappa shape index (κ2) is 8.79. The SMILES string of the molecule is COc1cccc(N2C(=O)C(c3ccc(C)cc3C)=C(N(C)C3CCN(C)CC3)C2=O)c1. The Bertz CT molecular complexity index is 1080. The van der Waals surface area contributed by atoms with E-state index in [2.05, 4.69) is 18.0 Å². The number of methoxy groups -OCH3 is 1. The molecule has 2 aromatic carbocycles. The lowest BCUT2D eigenvalue weighted by atomic mass is 9.96. The maximum atomic E-state index is 13.8. The molecule has 168 valence electrons. The van der Waals surface area contributed by atoms with Crippen LogP contribution in [0, 0.1) is 13.8 Å². The predicted molar refractivity (Wildman–Crippen MR) is 127 cm³/mol. The second-order valence-corrected chi connectivity index (χ2v) is 8.83. The molecule has 0 bridgehead atoms. The van der Waals surface area contributed by atoms with E-state index in [4.69, 9.17) is 4.74 Å². The highest BCUT2D eigenvalue weighted by Crippen LogP contribution is 2.38. The molecule has 1 saturated heterocycles. The van der Waals surface area contributed by atoms with Gasteiger partial charge in [-0.2, -0.15) is 0 Å². The van der Waals surface area contributed by atoms with E-state index in [1.165, 1.54) is 4.90 Å². The lowest BCUT2D eigenvalue weighted by Gasteiger charge is -2.36. The Morgan fingerprint density at radius 3 is 2.38 bits per heavy atom. The lowest BCUT2D eigenvalue weighted by Crippen LogP contribution is -2.43. The van der Waals surface area contributed by atoms with E-state index < -0.39 is 0 Å². The van der Waals surface area contributed by atoms with Gasteiger partial charge in [-0.3, -0.25) is 9.59 Å². The van der Waals surface area contributed by atoms with Crippen LogP contribution in [-0.2, 0) is 9.59 Å². The van der Waals surface area contributed by atoms with Gasteiger partial charge in [-0.1, -0.05) is 29.8 Å². The third-order valence-corrected chi connectivity index (χ3v) is 6.61. The number of carbonyl (C=O) groups is 2. The summed E-state index contributed by atoms with van der Waals surface area (Å²) in [7, 11) is 5.64. The van der Waals surface area contributed by atoms with Crippen molar-refractivity contribution in [1.29, 1.82) is 0 Å². The molecule has 6 nitrogen and oxygen atoms in total. The molecule has 0 saturated carbocycles. The third kappa shape index (κ3) is 3.91. The molecule has 0 radical (unpaired) electrons. The number of ether oxygens (including phenoxy) is 1. The highest BCUT2D eigenvalue weighted by Gasteiger charge is 2.43. The molecule has 32 heavy (non-hydrogen) atoms. The van der Waals surface area contributed by atoms with Gasteiger partial charge in [0.05, 0.1) is 18.4 Å². The van der Waals surface area contributed by atoms with Crippen LogP contribution in [0.5, 0.6) is 5.75 Å². The van der Waals surface area contributed by atoms with Gasteiger partial charge in [-0.05, 0) is 70.1 Å². The molecular formula is C26H31N3O3. The maximum Gasteiger partial charge on any atom is 0.282 e. The van der Waals surface area contributed by atoms with Gasteiger partial charge in [0.25, 0.3) is 11.8 Å². The van der Waals surface area contributed by atoms with Crippen molar-refractivity contribution in [2.45, 2.75) is 32.7 Å². The molecule has 0 aliphatic carbocycles. The molecule has 1 fully saturated rings. The van der Waals surface area contributed by atoms with Gasteiger partial charge in [0.15, 0.2) is 0 Å². The molecule has 0 aromatic heterocycles. The Kier molecular flexibility index (Phi) is 6.07. The Morgan fingerprint density at radius 2 is 1.72 bits per heavy atom. The standard InChI is InChI=1S/C26H31N3O3/c1-17-9-10-22(18(2)15-17)23-24(28(4)19-11-13-27(3)14-12-19)26(31)29(25(23)30)20-7-6-8-21(16-20)32-5/h6-10,15-16,19H,11-14H2,1-5H3. The number of amides is 2. The van der Waals surface area contributed by atoms with Crippen molar-refractivity contribution in [3.8, 4) is 5.75 Å². The summed E-state index contributed by atoms with van der Waals surface area (Å²) in [4.78, 5) is 33.2. The zero-order chi connectivity index (χ0) is 23.0. The van der Waals surface area contributed by atoms with Gasteiger partial charge in [0.2, 0.25) is 0 Å². The predicted octanol–water partition coefficient (Wildman–Crippen LogP) is 3.62. The van der Waals surface area contributed by atoms with Crippen LogP contribution in [0.4, 0.5) is 5.69 Å². The van der Waals surface area contributed by atoms with Gasteiger partial charge < -0.3 is 14.5 Å². The number of rotatable bonds is 5. The number of hydrogen-bond donors (Lipinski definition) is 0. The summed E-state index contributed by atoms with van der Waals surface area (Å²) >= 11 is 0. The van der Waals surface area contributed by atoms with Crippen LogP contribution in [0.2, 0.25) is 0 Å². The van der Waals surface area contributed by atoms with Crippen LogP contribution in [0.25, 0.3) is 5.57 Å². The lowest BCUT2D eigenvalue weighted by molar-refractivity contribution is -0.120. The molecular weight excluding hydrogens is 402 g/mol. The number of piperidine rings is 1. The van der Waals surface area contributed by atoms with Gasteiger partial charge >= 0.3 is 0 Å². The van der Waals surface area contributed by atoms with Crippen LogP contribution in [0.3, 0.4) is 0 Å². The Balaban J connectivity index is 1.82. The van der Waals surface area contributed by atoms with E-state index in [0.717, 1.165) is 42.6 Å². The number of imide groups is 1. The number of likely N-dealkylation sites (N-methyl/N-ethyl adjacent to an activating group) is 1. The summed E-state index contributed by atoms with van der Waals surface area (Å²) in [6.45, 7) is 5.97. The van der Waals surface area contributed by atoms with Crippen LogP contribution >= 0.6 is 0 Å². The fraction of sp³-hybridized carbons (Fsp3) is 0.385. The fourth-order valence-corrected chi connectivity index (χ4v) is 4.73. The average molecular weight is 434 g/mol. The third-order valence-electron chi connectivity index (χ3n) is 6.61. The van der Waals surface area contributed by atoms with Crippen LogP contribution in [0.15, 0.2) is 48.2 Å². The minimum absolute atomic E-state index is 0.212. The number of carbonyl (C=O) groups excluding carboxylic acids is 2. The first-order valence-corrected chi connectivity index (χ1v) is 11.1. The largest absolute Gasteiger partial charge is 0.497 e. The van der Waals surface area contributed by atoms with E-state index in [1.54, 1.807) is 31.4 Å². The van der Waals surface area contributed by atoms with Crippen molar-refractivity contribution in [3.05, 3.63) is 64.9 Å². The molecule has 2 aromatic rings. The Labute approximate surface area is 190 Å². The molecule has 2 aliphatic heterocycles. The molecule has 4 rings (SSSR count). The number of aryl methyl sites for hydroxylation is 2. The summed E-state index contributed by atoms with van der Waals surface area (Å²) in [5.74, 6) is 0.0397. The summed E-state index contributed by atoms with van der Waals surface area (Å²) in [5, 5.41) is 0. The number of benzene rings is 2. The van der Waals surface area contributed by atoms with Crippen LogP contribution in [-0.4, -0.2) is 62.0 Å². The molecule has 6 heteroatoms. The highest BCUT2D eigenvalue weighted by atomic mass is 16.5. The number of hydrogen-bond acceptors (Lipinski definition) is 5. The van der Waals surface area contributed by atoms with E-state index in [-0.39, 0.29) is 17.9 Å². The number of anilines is 1. The van der Waals surface area contributed by atoms with Gasteiger partial charge in [0, 0.05) is 19.2 Å². The van der Waals surface area contributed by atoms with Gasteiger partial charge in [0.1, 0.15) is 11.4 Å². The van der Waals surface area contributed by atoms with Crippen molar-refractivity contribution in [1.82, 2.24) is 9.80 Å². The fourth-order valence-electron chi connectivity index (χ4n) is 4.73. The highest BCUT2D eigenvalue weighted by molar-refractivity contribution is 6.45. The van der Waals surface area contributed by atoms with Crippen molar-refractivity contribution in [2.75, 3.05) is 39.2 Å². The summed E-state index contributed by atoms with van der Waals surface area (Å²) < 4.78 is 5.33. The molecule has 0 N–H and O–H groups in total. The van der Waals surface area contributed by atoms with Gasteiger partial charge in [-0.15, -0.1) is 0 Å². The van der Waals surface area contributed by atoms with Crippen molar-refractivity contribution < 1.29 is 14.3 Å². The van der Waals surface area contributed by atoms with E-state index in [0.29, 0.717) is 22.7 Å². The summed E-state index contributed by atoms with van der Waals surface area (Å²) in [5.41, 5.74) is 4.42. The van der Waals surface area contributed by atoms with Crippen molar-refractivity contribution >= 4 is 23.1 Å². The molecule has 0 unspecified atom stereocenters. The minimum atomic E-state index is -0.287. The number of likely N-dealkylation sites (tertiary alicyclic amines) is 1. The molecule has 0 spiro atoms. The normalized spacial score (nSPS) is 18.0. The topological polar surface area (TPSA) is 53.1 Å². The average Bonchev–Trinajstić information content (AvgIpc) is 3.03. The molecule has 0 atom stereocenters. The maximum absolute atomic E-state index is 13.8. The van der Waals surface area contributed by atoms with Crippen LogP contribution in [0.1, 0.15) is 29.5 Å². The minimum Gasteiger partial charge on any atom is -0.497 e. The first-order valence-electron chi connectivity index (χ1n) is 11.1. The number of nitrogens with zero attached hydrogens (tertiary/aromatic N) is 3. The van der Waals surface area contributed by atoms with Crippen molar-refractivity contribution in [2.24, 2.45) is 0 Å². The first-order chi connectivity index (χ1) is 15.3. The second-order valence-electron chi connectivity index (χ2n) is 8.83. The first kappa shape index (κ1) is 22.1. The Morgan fingerprint density at radius 1 is 1.00 bits per heavy atom.